The van der Waals surface area contributed by atoms with Crippen molar-refractivity contribution in [3.63, 3.8) is 0 Å². The fourth-order valence-electron chi connectivity index (χ4n) is 2.14. The van der Waals surface area contributed by atoms with E-state index in [0.717, 1.165) is 12.1 Å². The van der Waals surface area contributed by atoms with Gasteiger partial charge in [0.05, 0.1) is 0 Å². The summed E-state index contributed by atoms with van der Waals surface area (Å²) in [5.41, 5.74) is 2.85. The van der Waals surface area contributed by atoms with E-state index in [0.29, 0.717) is 11.5 Å². The molecule has 2 heterocycles. The maximum absolute atomic E-state index is 11.0. The maximum atomic E-state index is 11.0. The van der Waals surface area contributed by atoms with Gasteiger partial charge in [-0.3, -0.25) is 14.5 Å². The zero-order valence-electron chi connectivity index (χ0n) is 11.0. The van der Waals surface area contributed by atoms with Crippen molar-refractivity contribution < 1.29 is 4.52 Å². The Balaban J connectivity index is 1.87. The normalized spacial score (nSPS) is 18.1. The Morgan fingerprint density at radius 1 is 1.30 bits per heavy atom. The number of aromatic nitrogens is 2. The number of allylic oxidation sites excluding steroid dienone is 2. The fraction of sp³-hybridized carbons (Fsp3) is 0.214. The van der Waals surface area contributed by atoms with E-state index in [9.17, 15) is 4.79 Å². The van der Waals surface area contributed by atoms with Crippen LogP contribution >= 0.6 is 0 Å². The zero-order valence-corrected chi connectivity index (χ0v) is 11.0. The summed E-state index contributed by atoms with van der Waals surface area (Å²) in [6.07, 6.45) is 2.57. The molecule has 0 aliphatic carbocycles. The standard InChI is InChI=1S/C14H14N4O2/c1-9-15-11(7-10-5-3-2-4-6-10)8-12(16-9)13-17-14(19)20-18-13/h2-6,8-9,15H,7H2,1H3,(H,17,18,19). The lowest BCUT2D eigenvalue weighted by atomic mass is 10.1. The van der Waals surface area contributed by atoms with E-state index in [2.05, 4.69) is 37.1 Å². The summed E-state index contributed by atoms with van der Waals surface area (Å²) in [7, 11) is 0. The molecule has 1 aromatic heterocycles. The molecule has 1 unspecified atom stereocenters. The number of nitrogens with zero attached hydrogens (tertiary/aromatic N) is 2. The molecule has 0 bridgehead atoms. The lowest BCUT2D eigenvalue weighted by Gasteiger charge is -2.20. The molecular weight excluding hydrogens is 256 g/mol. The molecule has 1 aliphatic rings. The van der Waals surface area contributed by atoms with E-state index in [1.54, 1.807) is 0 Å². The summed E-state index contributed by atoms with van der Waals surface area (Å²) in [5.74, 6) is -0.221. The second-order valence-corrected chi connectivity index (χ2v) is 4.61. The minimum atomic E-state index is -0.577. The third-order valence-electron chi connectivity index (χ3n) is 2.96. The Morgan fingerprint density at radius 3 is 2.80 bits per heavy atom. The first kappa shape index (κ1) is 12.4. The molecule has 0 spiro atoms. The number of aliphatic imine (C=N–C) groups is 1. The fourth-order valence-corrected chi connectivity index (χ4v) is 2.14. The Bertz CT molecular complexity index is 712. The van der Waals surface area contributed by atoms with E-state index >= 15 is 0 Å². The zero-order chi connectivity index (χ0) is 13.9. The van der Waals surface area contributed by atoms with E-state index < -0.39 is 5.76 Å². The molecule has 2 N–H and O–H groups in total. The predicted octanol–water partition coefficient (Wildman–Crippen LogP) is 1.23. The topological polar surface area (TPSA) is 83.3 Å². The molecule has 0 fully saturated rings. The van der Waals surface area contributed by atoms with Crippen molar-refractivity contribution in [2.75, 3.05) is 0 Å². The first-order valence-corrected chi connectivity index (χ1v) is 6.36. The predicted molar refractivity (Wildman–Crippen MR) is 74.5 cm³/mol. The molecule has 0 saturated carbocycles. The molecule has 1 aliphatic heterocycles. The van der Waals surface area contributed by atoms with Gasteiger partial charge >= 0.3 is 5.76 Å². The van der Waals surface area contributed by atoms with Crippen molar-refractivity contribution >= 4 is 5.71 Å². The van der Waals surface area contributed by atoms with Crippen LogP contribution in [0.1, 0.15) is 18.3 Å². The van der Waals surface area contributed by atoms with Crippen LogP contribution in [0, 0.1) is 0 Å². The van der Waals surface area contributed by atoms with Crippen LogP contribution < -0.4 is 11.1 Å². The van der Waals surface area contributed by atoms with E-state index in [1.807, 2.05) is 31.2 Å². The van der Waals surface area contributed by atoms with Crippen LogP contribution in [0.2, 0.25) is 0 Å². The van der Waals surface area contributed by atoms with Crippen LogP contribution in [-0.4, -0.2) is 22.0 Å². The molecule has 0 radical (unpaired) electrons. The number of hydrogen-bond donors (Lipinski definition) is 2. The van der Waals surface area contributed by atoms with Crippen LogP contribution in [0.3, 0.4) is 0 Å². The molecule has 3 rings (SSSR count). The average molecular weight is 270 g/mol. The van der Waals surface area contributed by atoms with E-state index in [4.69, 9.17) is 0 Å². The number of H-pyrrole nitrogens is 1. The summed E-state index contributed by atoms with van der Waals surface area (Å²) >= 11 is 0. The van der Waals surface area contributed by atoms with Gasteiger partial charge < -0.3 is 5.32 Å². The van der Waals surface area contributed by atoms with Crippen LogP contribution in [0.25, 0.3) is 0 Å². The van der Waals surface area contributed by atoms with Crippen molar-refractivity contribution in [1.82, 2.24) is 15.5 Å². The summed E-state index contributed by atoms with van der Waals surface area (Å²) in [6, 6.07) is 10.1. The molecule has 2 aromatic rings. The maximum Gasteiger partial charge on any atom is 0.439 e. The molecule has 6 heteroatoms. The van der Waals surface area contributed by atoms with Gasteiger partial charge in [-0.1, -0.05) is 35.5 Å². The summed E-state index contributed by atoms with van der Waals surface area (Å²) in [6.45, 7) is 1.94. The molecule has 0 amide bonds. The number of benzene rings is 1. The Hall–Kier alpha value is -2.63. The van der Waals surface area contributed by atoms with Crippen molar-refractivity contribution in [3.8, 4) is 0 Å². The van der Waals surface area contributed by atoms with Crippen LogP contribution in [-0.2, 0) is 6.42 Å². The highest BCUT2D eigenvalue weighted by Crippen LogP contribution is 2.12. The molecule has 1 atom stereocenters. The summed E-state index contributed by atoms with van der Waals surface area (Å²) in [4.78, 5) is 17.9. The third-order valence-corrected chi connectivity index (χ3v) is 2.96. The highest BCUT2D eigenvalue weighted by Gasteiger charge is 2.16. The quantitative estimate of drug-likeness (QED) is 0.878. The van der Waals surface area contributed by atoms with Crippen LogP contribution in [0.4, 0.5) is 0 Å². The lowest BCUT2D eigenvalue weighted by Crippen LogP contribution is -2.30. The third kappa shape index (κ3) is 2.69. The van der Waals surface area contributed by atoms with Crippen molar-refractivity contribution in [3.05, 3.63) is 64.0 Å². The second-order valence-electron chi connectivity index (χ2n) is 4.61. The smallest absolute Gasteiger partial charge is 0.367 e. The molecular formula is C14H14N4O2. The number of hydrogen-bond acceptors (Lipinski definition) is 5. The van der Waals surface area contributed by atoms with Crippen molar-refractivity contribution in [2.45, 2.75) is 19.5 Å². The Morgan fingerprint density at radius 2 is 2.10 bits per heavy atom. The number of nitrogens with one attached hydrogen (secondary N) is 2. The van der Waals surface area contributed by atoms with E-state index in [1.165, 1.54) is 5.56 Å². The molecule has 1 aromatic carbocycles. The summed E-state index contributed by atoms with van der Waals surface area (Å²) < 4.78 is 4.51. The highest BCUT2D eigenvalue weighted by atomic mass is 16.5. The Kier molecular flexibility index (Phi) is 3.20. The van der Waals surface area contributed by atoms with Crippen LogP contribution in [0.5, 0.6) is 0 Å². The monoisotopic (exact) mass is 270 g/mol. The van der Waals surface area contributed by atoms with Gasteiger partial charge in [-0.2, -0.15) is 0 Å². The van der Waals surface area contributed by atoms with Gasteiger partial charge in [-0.15, -0.1) is 0 Å². The highest BCUT2D eigenvalue weighted by molar-refractivity contribution is 6.06. The van der Waals surface area contributed by atoms with E-state index in [-0.39, 0.29) is 6.17 Å². The van der Waals surface area contributed by atoms with Crippen molar-refractivity contribution in [2.24, 2.45) is 4.99 Å². The van der Waals surface area contributed by atoms with Gasteiger partial charge in [0.15, 0.2) is 0 Å². The number of aromatic amines is 1. The molecule has 6 nitrogen and oxygen atoms in total. The van der Waals surface area contributed by atoms with Gasteiger partial charge in [0.25, 0.3) is 0 Å². The SMILES string of the molecule is CC1N=C(c2noc(=O)[nH]2)C=C(Cc2ccccc2)N1. The molecule has 0 saturated heterocycles. The van der Waals surface area contributed by atoms with Crippen LogP contribution in [0.15, 0.2) is 56.4 Å². The first-order valence-electron chi connectivity index (χ1n) is 6.36. The van der Waals surface area contributed by atoms with Gasteiger partial charge in [-0.25, -0.2) is 4.79 Å². The summed E-state index contributed by atoms with van der Waals surface area (Å²) in [5, 5.41) is 6.96. The Labute approximate surface area is 115 Å². The average Bonchev–Trinajstić information content (AvgIpc) is 2.86. The minimum absolute atomic E-state index is 0.0751. The first-order chi connectivity index (χ1) is 9.70. The van der Waals surface area contributed by atoms with Gasteiger partial charge in [0.1, 0.15) is 11.9 Å². The lowest BCUT2D eigenvalue weighted by molar-refractivity contribution is 0.385. The largest absolute Gasteiger partial charge is 0.439 e. The minimum Gasteiger partial charge on any atom is -0.367 e. The second kappa shape index (κ2) is 5.16. The molecule has 20 heavy (non-hydrogen) atoms. The van der Waals surface area contributed by atoms with Crippen molar-refractivity contribution in [1.29, 1.82) is 0 Å². The molecule has 102 valence electrons. The van der Waals surface area contributed by atoms with Gasteiger partial charge in [-0.05, 0) is 18.6 Å². The number of rotatable bonds is 3. The van der Waals surface area contributed by atoms with Gasteiger partial charge in [0.2, 0.25) is 5.82 Å². The van der Waals surface area contributed by atoms with Gasteiger partial charge in [0, 0.05) is 12.1 Å².